The van der Waals surface area contributed by atoms with Gasteiger partial charge < -0.3 is 5.32 Å². The Labute approximate surface area is 125 Å². The molecule has 0 aliphatic heterocycles. The molecule has 0 bridgehead atoms. The quantitative estimate of drug-likeness (QED) is 0.786. The molecule has 1 aliphatic rings. The zero-order valence-corrected chi connectivity index (χ0v) is 13.3. The number of thioether (sulfide) groups is 1. The SMILES string of the molecule is CCSC1CCCC1NCc1c(F)ccc(Br)c1F. The Balaban J connectivity index is 2.01. The summed E-state index contributed by atoms with van der Waals surface area (Å²) in [6.07, 6.45) is 3.48. The third-order valence-corrected chi connectivity index (χ3v) is 5.45. The fourth-order valence-electron chi connectivity index (χ4n) is 2.54. The van der Waals surface area contributed by atoms with Gasteiger partial charge in [0.05, 0.1) is 4.47 Å². The molecule has 0 amide bonds. The van der Waals surface area contributed by atoms with E-state index in [0.29, 0.717) is 15.8 Å². The van der Waals surface area contributed by atoms with Crippen LogP contribution in [-0.4, -0.2) is 17.0 Å². The Morgan fingerprint density at radius 3 is 2.89 bits per heavy atom. The predicted octanol–water partition coefficient (Wildman–Crippen LogP) is 4.49. The van der Waals surface area contributed by atoms with Crippen molar-refractivity contribution in [2.45, 2.75) is 44.0 Å². The normalized spacial score (nSPS) is 22.9. The third-order valence-electron chi connectivity index (χ3n) is 3.51. The highest BCUT2D eigenvalue weighted by Gasteiger charge is 2.27. The summed E-state index contributed by atoms with van der Waals surface area (Å²) in [4.78, 5) is 0. The van der Waals surface area contributed by atoms with Crippen LogP contribution < -0.4 is 5.32 Å². The van der Waals surface area contributed by atoms with E-state index in [0.717, 1.165) is 12.2 Å². The van der Waals surface area contributed by atoms with Crippen LogP contribution in [-0.2, 0) is 6.54 Å². The lowest BCUT2D eigenvalue weighted by atomic mass is 10.1. The molecule has 19 heavy (non-hydrogen) atoms. The van der Waals surface area contributed by atoms with Crippen molar-refractivity contribution in [3.05, 3.63) is 33.8 Å². The highest BCUT2D eigenvalue weighted by atomic mass is 79.9. The van der Waals surface area contributed by atoms with Crippen molar-refractivity contribution in [1.29, 1.82) is 0 Å². The number of benzene rings is 1. The smallest absolute Gasteiger partial charge is 0.144 e. The van der Waals surface area contributed by atoms with E-state index in [4.69, 9.17) is 0 Å². The van der Waals surface area contributed by atoms with Gasteiger partial charge in [0.25, 0.3) is 0 Å². The molecule has 2 unspecified atom stereocenters. The zero-order chi connectivity index (χ0) is 13.8. The van der Waals surface area contributed by atoms with Crippen LogP contribution in [0.1, 0.15) is 31.7 Å². The standard InChI is InChI=1S/C14H18BrF2NS/c1-2-19-13-5-3-4-12(13)18-8-9-11(16)7-6-10(15)14(9)17/h6-7,12-13,18H,2-5,8H2,1H3. The lowest BCUT2D eigenvalue weighted by Gasteiger charge is -2.20. The molecule has 2 atom stereocenters. The molecule has 1 aromatic carbocycles. The summed E-state index contributed by atoms with van der Waals surface area (Å²) in [5, 5.41) is 3.89. The first-order chi connectivity index (χ1) is 9.13. The van der Waals surface area contributed by atoms with Crippen LogP contribution in [0.2, 0.25) is 0 Å². The second kappa shape index (κ2) is 7.04. The average Bonchev–Trinajstić information content (AvgIpc) is 2.82. The second-order valence-corrected chi connectivity index (χ2v) is 7.10. The van der Waals surface area contributed by atoms with E-state index < -0.39 is 11.6 Å². The van der Waals surface area contributed by atoms with Gasteiger partial charge in [-0.1, -0.05) is 13.3 Å². The maximum absolute atomic E-state index is 13.8. The summed E-state index contributed by atoms with van der Waals surface area (Å²) >= 11 is 5.03. The summed E-state index contributed by atoms with van der Waals surface area (Å²) < 4.78 is 27.8. The van der Waals surface area contributed by atoms with E-state index in [9.17, 15) is 8.78 Å². The summed E-state index contributed by atoms with van der Waals surface area (Å²) in [6.45, 7) is 2.40. The Hall–Kier alpha value is -0.130. The topological polar surface area (TPSA) is 12.0 Å². The molecule has 1 fully saturated rings. The second-order valence-electron chi connectivity index (χ2n) is 4.73. The Bertz CT molecular complexity index is 442. The van der Waals surface area contributed by atoms with Crippen LogP contribution in [0.4, 0.5) is 8.78 Å². The molecule has 2 rings (SSSR count). The van der Waals surface area contributed by atoms with Crippen LogP contribution >= 0.6 is 27.7 Å². The van der Waals surface area contributed by atoms with Crippen molar-refractivity contribution < 1.29 is 8.78 Å². The molecule has 1 N–H and O–H groups in total. The molecule has 1 aliphatic carbocycles. The van der Waals surface area contributed by atoms with Crippen molar-refractivity contribution in [3.63, 3.8) is 0 Å². The van der Waals surface area contributed by atoms with E-state index in [1.807, 2.05) is 11.8 Å². The first-order valence-corrected chi connectivity index (χ1v) is 8.45. The number of nitrogens with one attached hydrogen (secondary N) is 1. The summed E-state index contributed by atoms with van der Waals surface area (Å²) in [6, 6.07) is 3.07. The van der Waals surface area contributed by atoms with Gasteiger partial charge in [0.1, 0.15) is 11.6 Å². The van der Waals surface area contributed by atoms with E-state index in [-0.39, 0.29) is 12.1 Å². The summed E-state index contributed by atoms with van der Waals surface area (Å²) in [5.74, 6) is 0.110. The first kappa shape index (κ1) is 15.3. The fourth-order valence-corrected chi connectivity index (χ4v) is 4.13. The van der Waals surface area contributed by atoms with Crippen LogP contribution in [0.5, 0.6) is 0 Å². The summed E-state index contributed by atoms with van der Waals surface area (Å²) in [5.41, 5.74) is 0.126. The minimum absolute atomic E-state index is 0.126. The van der Waals surface area contributed by atoms with E-state index in [2.05, 4.69) is 28.2 Å². The number of halogens is 3. The van der Waals surface area contributed by atoms with Crippen molar-refractivity contribution in [2.24, 2.45) is 0 Å². The Kier molecular flexibility index (Phi) is 5.66. The molecule has 5 heteroatoms. The molecule has 106 valence electrons. The fraction of sp³-hybridized carbons (Fsp3) is 0.571. The molecular formula is C14H18BrF2NS. The Morgan fingerprint density at radius 2 is 2.16 bits per heavy atom. The highest BCUT2D eigenvalue weighted by Crippen LogP contribution is 2.30. The predicted molar refractivity (Wildman–Crippen MR) is 80.5 cm³/mol. The van der Waals surface area contributed by atoms with Gasteiger partial charge in [-0.25, -0.2) is 8.78 Å². The van der Waals surface area contributed by atoms with Gasteiger partial charge in [-0.05, 0) is 46.7 Å². The van der Waals surface area contributed by atoms with Gasteiger partial charge in [-0.15, -0.1) is 0 Å². The van der Waals surface area contributed by atoms with Crippen molar-refractivity contribution in [1.82, 2.24) is 5.32 Å². The van der Waals surface area contributed by atoms with Crippen LogP contribution in [0, 0.1) is 11.6 Å². The monoisotopic (exact) mass is 349 g/mol. The largest absolute Gasteiger partial charge is 0.309 e. The molecule has 0 saturated heterocycles. The summed E-state index contributed by atoms with van der Waals surface area (Å²) in [7, 11) is 0. The molecule has 1 nitrogen and oxygen atoms in total. The van der Waals surface area contributed by atoms with E-state index in [1.165, 1.54) is 25.0 Å². The van der Waals surface area contributed by atoms with Gasteiger partial charge in [0.15, 0.2) is 0 Å². The van der Waals surface area contributed by atoms with Gasteiger partial charge in [0.2, 0.25) is 0 Å². The lowest BCUT2D eigenvalue weighted by Crippen LogP contribution is -2.34. The van der Waals surface area contributed by atoms with E-state index in [1.54, 1.807) is 0 Å². The molecule has 1 saturated carbocycles. The molecule has 0 radical (unpaired) electrons. The molecule has 1 aromatic rings. The number of hydrogen-bond donors (Lipinski definition) is 1. The van der Waals surface area contributed by atoms with Crippen LogP contribution in [0.25, 0.3) is 0 Å². The maximum Gasteiger partial charge on any atom is 0.144 e. The van der Waals surface area contributed by atoms with Gasteiger partial charge >= 0.3 is 0 Å². The van der Waals surface area contributed by atoms with Crippen molar-refractivity contribution in [3.8, 4) is 0 Å². The molecule has 0 aromatic heterocycles. The maximum atomic E-state index is 13.8. The third kappa shape index (κ3) is 3.70. The Morgan fingerprint density at radius 1 is 1.37 bits per heavy atom. The minimum Gasteiger partial charge on any atom is -0.309 e. The van der Waals surface area contributed by atoms with Crippen LogP contribution in [0.3, 0.4) is 0 Å². The molecule has 0 heterocycles. The highest BCUT2D eigenvalue weighted by molar-refractivity contribution is 9.10. The lowest BCUT2D eigenvalue weighted by molar-refractivity contribution is 0.489. The average molecular weight is 350 g/mol. The first-order valence-electron chi connectivity index (χ1n) is 6.60. The molecule has 0 spiro atoms. The minimum atomic E-state index is -0.495. The van der Waals surface area contributed by atoms with Crippen molar-refractivity contribution >= 4 is 27.7 Å². The number of hydrogen-bond acceptors (Lipinski definition) is 2. The molecular weight excluding hydrogens is 332 g/mol. The van der Waals surface area contributed by atoms with Crippen molar-refractivity contribution in [2.75, 3.05) is 5.75 Å². The van der Waals surface area contributed by atoms with Gasteiger partial charge in [-0.2, -0.15) is 11.8 Å². The van der Waals surface area contributed by atoms with Gasteiger partial charge in [0, 0.05) is 23.4 Å². The van der Waals surface area contributed by atoms with E-state index >= 15 is 0 Å². The zero-order valence-electron chi connectivity index (χ0n) is 10.9. The van der Waals surface area contributed by atoms with Crippen LogP contribution in [0.15, 0.2) is 16.6 Å². The number of rotatable bonds is 5. The van der Waals surface area contributed by atoms with Gasteiger partial charge in [-0.3, -0.25) is 0 Å².